The molecule has 1 aromatic carbocycles. The predicted molar refractivity (Wildman–Crippen MR) is 94.6 cm³/mol. The number of fused-ring (bicyclic) bond motifs is 1. The average Bonchev–Trinajstić information content (AvgIpc) is 2.45. The second kappa shape index (κ2) is 7.97. The Morgan fingerprint density at radius 2 is 2.05 bits per heavy atom. The molecule has 1 aromatic heterocycles. The number of halogens is 3. The van der Waals surface area contributed by atoms with Gasteiger partial charge < -0.3 is 10.2 Å². The molecule has 0 bridgehead atoms. The van der Waals surface area contributed by atoms with E-state index in [1.165, 1.54) is 0 Å². The molecule has 1 N–H and O–H groups in total. The molecule has 1 fully saturated rings. The van der Waals surface area contributed by atoms with Crippen molar-refractivity contribution in [1.29, 1.82) is 0 Å². The van der Waals surface area contributed by atoms with Crippen LogP contribution < -0.4 is 5.32 Å². The third-order valence-corrected chi connectivity index (χ3v) is 3.76. The normalized spacial score (nSPS) is 17.5. The maximum Gasteiger partial charge on any atom is 0.272 e. The second-order valence-electron chi connectivity index (χ2n) is 5.14. The van der Waals surface area contributed by atoms with Gasteiger partial charge in [0, 0.05) is 36.1 Å². The minimum atomic E-state index is -0.0137. The third-order valence-electron chi connectivity index (χ3n) is 3.53. The van der Waals surface area contributed by atoms with Gasteiger partial charge in [-0.05, 0) is 25.1 Å². The lowest BCUT2D eigenvalue weighted by molar-refractivity contribution is 0.0703. The maximum atomic E-state index is 12.5. The van der Waals surface area contributed by atoms with E-state index in [1.54, 1.807) is 12.1 Å². The summed E-state index contributed by atoms with van der Waals surface area (Å²) >= 11 is 5.97. The molecule has 1 amide bonds. The average molecular weight is 363 g/mol. The molecule has 22 heavy (non-hydrogen) atoms. The van der Waals surface area contributed by atoms with Crippen molar-refractivity contribution in [3.63, 3.8) is 0 Å². The Kier molecular flexibility index (Phi) is 6.88. The van der Waals surface area contributed by atoms with Gasteiger partial charge in [0.2, 0.25) is 0 Å². The van der Waals surface area contributed by atoms with Crippen LogP contribution in [-0.2, 0) is 0 Å². The maximum absolute atomic E-state index is 12.5. The van der Waals surface area contributed by atoms with E-state index in [1.807, 2.05) is 23.1 Å². The van der Waals surface area contributed by atoms with E-state index in [0.29, 0.717) is 23.3 Å². The highest BCUT2D eigenvalue weighted by Crippen LogP contribution is 2.18. The fourth-order valence-corrected chi connectivity index (χ4v) is 2.65. The van der Waals surface area contributed by atoms with Crippen molar-refractivity contribution in [3.8, 4) is 0 Å². The minimum Gasteiger partial charge on any atom is -0.334 e. The van der Waals surface area contributed by atoms with Crippen molar-refractivity contribution in [2.75, 3.05) is 19.6 Å². The number of hydrogen-bond acceptors (Lipinski definition) is 3. The zero-order chi connectivity index (χ0) is 14.1. The number of nitrogens with one attached hydrogen (secondary N) is 1. The molecule has 0 spiro atoms. The first-order valence-electron chi connectivity index (χ1n) is 6.72. The number of aromatic nitrogens is 1. The predicted octanol–water partition coefficient (Wildman–Crippen LogP) is 3.17. The van der Waals surface area contributed by atoms with Crippen molar-refractivity contribution in [3.05, 3.63) is 41.0 Å². The van der Waals surface area contributed by atoms with Gasteiger partial charge in [0.05, 0.1) is 5.52 Å². The topological polar surface area (TPSA) is 45.2 Å². The van der Waals surface area contributed by atoms with Crippen LogP contribution in [0, 0.1) is 0 Å². The number of carbonyl (C=O) groups excluding carboxylic acids is 1. The summed E-state index contributed by atoms with van der Waals surface area (Å²) in [6.07, 6.45) is 0. The first-order chi connectivity index (χ1) is 9.63. The Morgan fingerprint density at radius 3 is 2.77 bits per heavy atom. The van der Waals surface area contributed by atoms with Gasteiger partial charge in [-0.25, -0.2) is 4.98 Å². The molecule has 2 heterocycles. The molecule has 2 aromatic rings. The smallest absolute Gasteiger partial charge is 0.272 e. The molecule has 1 atom stereocenters. The largest absolute Gasteiger partial charge is 0.334 e. The molecular weight excluding hydrogens is 345 g/mol. The molecule has 1 saturated heterocycles. The lowest BCUT2D eigenvalue weighted by Gasteiger charge is -2.31. The van der Waals surface area contributed by atoms with E-state index in [9.17, 15) is 4.79 Å². The van der Waals surface area contributed by atoms with Gasteiger partial charge in [-0.3, -0.25) is 4.79 Å². The number of carbonyl (C=O) groups is 1. The first kappa shape index (κ1) is 19.0. The molecule has 7 heteroatoms. The van der Waals surface area contributed by atoms with Crippen LogP contribution in [0.25, 0.3) is 10.9 Å². The van der Waals surface area contributed by atoms with Crippen LogP contribution >= 0.6 is 36.4 Å². The van der Waals surface area contributed by atoms with Crippen LogP contribution in [0.4, 0.5) is 0 Å². The Morgan fingerprint density at radius 1 is 1.32 bits per heavy atom. The lowest BCUT2D eigenvalue weighted by atomic mass is 10.1. The summed E-state index contributed by atoms with van der Waals surface area (Å²) in [6.45, 7) is 4.34. The molecule has 0 radical (unpaired) electrons. The molecule has 1 unspecified atom stereocenters. The Bertz CT molecular complexity index is 666. The van der Waals surface area contributed by atoms with Gasteiger partial charge in [-0.2, -0.15) is 0 Å². The van der Waals surface area contributed by atoms with Crippen molar-refractivity contribution in [1.82, 2.24) is 15.2 Å². The van der Waals surface area contributed by atoms with Crippen LogP contribution in [0.5, 0.6) is 0 Å². The monoisotopic (exact) mass is 361 g/mol. The summed E-state index contributed by atoms with van der Waals surface area (Å²) in [5.74, 6) is -0.0137. The van der Waals surface area contributed by atoms with Crippen molar-refractivity contribution in [2.24, 2.45) is 0 Å². The SMILES string of the molecule is CC1CN(C(=O)c2ccc3ccc(Cl)cc3n2)CCN1.Cl.Cl. The standard InChI is InChI=1S/C15H16ClN3O.2ClH/c1-10-9-19(7-6-17-10)15(20)13-5-3-11-2-4-12(16)8-14(11)18-13;;/h2-5,8,10,17H,6-7,9H2,1H3;2*1H. The van der Waals surface area contributed by atoms with Gasteiger partial charge in [-0.1, -0.05) is 23.7 Å². The Labute approximate surface area is 147 Å². The molecule has 4 nitrogen and oxygen atoms in total. The third kappa shape index (κ3) is 4.02. The quantitative estimate of drug-likeness (QED) is 0.847. The van der Waals surface area contributed by atoms with Crippen molar-refractivity contribution < 1.29 is 4.79 Å². The molecular formula is C15H18Cl3N3O. The summed E-state index contributed by atoms with van der Waals surface area (Å²) in [7, 11) is 0. The van der Waals surface area contributed by atoms with E-state index < -0.39 is 0 Å². The first-order valence-corrected chi connectivity index (χ1v) is 7.10. The van der Waals surface area contributed by atoms with E-state index in [-0.39, 0.29) is 30.7 Å². The Balaban J connectivity index is 0.00000121. The fraction of sp³-hybridized carbons (Fsp3) is 0.333. The summed E-state index contributed by atoms with van der Waals surface area (Å²) < 4.78 is 0. The fourth-order valence-electron chi connectivity index (χ4n) is 2.49. The lowest BCUT2D eigenvalue weighted by Crippen LogP contribution is -2.51. The van der Waals surface area contributed by atoms with Gasteiger partial charge in [0.25, 0.3) is 5.91 Å². The number of piperazine rings is 1. The number of pyridine rings is 1. The number of hydrogen-bond donors (Lipinski definition) is 1. The van der Waals surface area contributed by atoms with E-state index in [0.717, 1.165) is 24.0 Å². The van der Waals surface area contributed by atoms with Crippen molar-refractivity contribution >= 4 is 53.2 Å². The van der Waals surface area contributed by atoms with Gasteiger partial charge in [-0.15, -0.1) is 24.8 Å². The van der Waals surface area contributed by atoms with Crippen LogP contribution in [0.1, 0.15) is 17.4 Å². The van der Waals surface area contributed by atoms with Gasteiger partial charge in [0.1, 0.15) is 5.69 Å². The van der Waals surface area contributed by atoms with Gasteiger partial charge >= 0.3 is 0 Å². The molecule has 1 aliphatic rings. The highest BCUT2D eigenvalue weighted by atomic mass is 35.5. The molecule has 120 valence electrons. The molecule has 0 aliphatic carbocycles. The number of rotatable bonds is 1. The Hall–Kier alpha value is -1.07. The van der Waals surface area contributed by atoms with Crippen molar-refractivity contribution in [2.45, 2.75) is 13.0 Å². The van der Waals surface area contributed by atoms with E-state index in [2.05, 4.69) is 17.2 Å². The zero-order valence-corrected chi connectivity index (χ0v) is 14.5. The summed E-state index contributed by atoms with van der Waals surface area (Å²) in [5, 5.41) is 4.94. The highest BCUT2D eigenvalue weighted by Gasteiger charge is 2.22. The van der Waals surface area contributed by atoms with Crippen LogP contribution in [0.15, 0.2) is 30.3 Å². The number of amides is 1. The number of nitrogens with zero attached hydrogens (tertiary/aromatic N) is 2. The van der Waals surface area contributed by atoms with Crippen LogP contribution in [0.3, 0.4) is 0 Å². The highest BCUT2D eigenvalue weighted by molar-refractivity contribution is 6.31. The van der Waals surface area contributed by atoms with Gasteiger partial charge in [0.15, 0.2) is 0 Å². The summed E-state index contributed by atoms with van der Waals surface area (Å²) in [4.78, 5) is 18.8. The molecule has 1 aliphatic heterocycles. The summed E-state index contributed by atoms with van der Waals surface area (Å²) in [6, 6.07) is 9.54. The van der Waals surface area contributed by atoms with Crippen LogP contribution in [0.2, 0.25) is 5.02 Å². The second-order valence-corrected chi connectivity index (χ2v) is 5.58. The molecule has 0 saturated carbocycles. The minimum absolute atomic E-state index is 0. The van der Waals surface area contributed by atoms with E-state index >= 15 is 0 Å². The van der Waals surface area contributed by atoms with Crippen LogP contribution in [-0.4, -0.2) is 41.5 Å². The number of benzene rings is 1. The zero-order valence-electron chi connectivity index (χ0n) is 12.1. The summed E-state index contributed by atoms with van der Waals surface area (Å²) in [5.41, 5.74) is 1.24. The molecule has 3 rings (SSSR count). The van der Waals surface area contributed by atoms with E-state index in [4.69, 9.17) is 11.6 Å².